The average molecular weight is 379 g/mol. The van der Waals surface area contributed by atoms with Crippen molar-refractivity contribution in [1.29, 1.82) is 0 Å². The van der Waals surface area contributed by atoms with Crippen LogP contribution in [0.4, 0.5) is 0 Å². The summed E-state index contributed by atoms with van der Waals surface area (Å²) in [7, 11) is 0. The van der Waals surface area contributed by atoms with Crippen LogP contribution in [0.15, 0.2) is 23.3 Å². The van der Waals surface area contributed by atoms with Gasteiger partial charge in [-0.3, -0.25) is 4.79 Å². The van der Waals surface area contributed by atoms with Gasteiger partial charge in [-0.05, 0) is 50.9 Å². The molecule has 0 aromatic rings. The topological polar surface area (TPSA) is 77.8 Å². The van der Waals surface area contributed by atoms with Gasteiger partial charge in [-0.2, -0.15) is 0 Å². The van der Waals surface area contributed by atoms with Crippen LogP contribution in [0.2, 0.25) is 0 Å². The number of carbonyl (C=O) groups is 1. The molecule has 2 aliphatic carbocycles. The molecule has 0 spiro atoms. The van der Waals surface area contributed by atoms with Crippen LogP contribution >= 0.6 is 0 Å². The maximum atomic E-state index is 10.6. The average Bonchev–Trinajstić information content (AvgIpc) is 3.41. The van der Waals surface area contributed by atoms with Gasteiger partial charge in [0.15, 0.2) is 0 Å². The molecule has 0 unspecified atom stereocenters. The quantitative estimate of drug-likeness (QED) is 0.294. The Morgan fingerprint density at radius 1 is 1.15 bits per heavy atom. The largest absolute Gasteiger partial charge is 0.481 e. The van der Waals surface area contributed by atoms with Gasteiger partial charge < -0.3 is 15.3 Å². The number of hydrogen-bond donors (Lipinski definition) is 3. The molecule has 154 valence electrons. The standard InChI is InChI=1S/C23H38O4/c1-2-3-6-9-18(24)14-15-20-19(10-7-4-5-8-11-23(26)27)21(16-22(20)25)17-12-13-17/h14-15,17-18,20,22,24-25H,2-13,16H2,1H3,(H,26,27)/t18-,20+,22+/m0/s1. The van der Waals surface area contributed by atoms with Crippen molar-refractivity contribution >= 4 is 5.97 Å². The summed E-state index contributed by atoms with van der Waals surface area (Å²) in [5.74, 6) is 0.0188. The van der Waals surface area contributed by atoms with E-state index in [9.17, 15) is 15.0 Å². The van der Waals surface area contributed by atoms with E-state index in [-0.39, 0.29) is 18.4 Å². The maximum Gasteiger partial charge on any atom is 0.303 e. The number of hydrogen-bond acceptors (Lipinski definition) is 3. The summed E-state index contributed by atoms with van der Waals surface area (Å²) >= 11 is 0. The van der Waals surface area contributed by atoms with Crippen molar-refractivity contribution in [3.05, 3.63) is 23.3 Å². The zero-order valence-corrected chi connectivity index (χ0v) is 16.9. The molecule has 0 bridgehead atoms. The van der Waals surface area contributed by atoms with E-state index >= 15 is 0 Å². The Morgan fingerprint density at radius 3 is 2.56 bits per heavy atom. The monoisotopic (exact) mass is 378 g/mol. The highest BCUT2D eigenvalue weighted by Crippen LogP contribution is 2.48. The van der Waals surface area contributed by atoms with E-state index in [1.165, 1.54) is 24.0 Å². The Morgan fingerprint density at radius 2 is 1.89 bits per heavy atom. The molecule has 3 N–H and O–H groups in total. The van der Waals surface area contributed by atoms with Crippen LogP contribution in [0.3, 0.4) is 0 Å². The minimum atomic E-state index is -0.713. The molecule has 1 fully saturated rings. The lowest BCUT2D eigenvalue weighted by Gasteiger charge is -2.16. The van der Waals surface area contributed by atoms with Crippen molar-refractivity contribution in [2.45, 2.75) is 103 Å². The number of carboxylic acid groups (broad SMARTS) is 1. The molecule has 4 heteroatoms. The van der Waals surface area contributed by atoms with E-state index in [1.807, 2.05) is 6.08 Å². The normalized spacial score (nSPS) is 24.1. The summed E-state index contributed by atoms with van der Waals surface area (Å²) < 4.78 is 0. The SMILES string of the molecule is CCCCC[C@H](O)C=C[C@@H]1C(CCCCCCC(=O)O)=C(C2CC2)C[C@H]1O. The Kier molecular flexibility index (Phi) is 9.57. The van der Waals surface area contributed by atoms with Gasteiger partial charge in [0.2, 0.25) is 0 Å². The molecule has 0 saturated heterocycles. The lowest BCUT2D eigenvalue weighted by Crippen LogP contribution is -2.15. The molecule has 1 saturated carbocycles. The number of carboxylic acids is 1. The van der Waals surface area contributed by atoms with Crippen molar-refractivity contribution in [2.24, 2.45) is 11.8 Å². The first-order valence-corrected chi connectivity index (χ1v) is 11.0. The molecule has 0 aliphatic heterocycles. The van der Waals surface area contributed by atoms with E-state index in [4.69, 9.17) is 5.11 Å². The summed E-state index contributed by atoms with van der Waals surface area (Å²) in [6.45, 7) is 2.16. The molecular formula is C23H38O4. The maximum absolute atomic E-state index is 10.6. The third-order valence-corrected chi connectivity index (χ3v) is 5.96. The van der Waals surface area contributed by atoms with Crippen molar-refractivity contribution in [3.63, 3.8) is 0 Å². The molecule has 0 heterocycles. The van der Waals surface area contributed by atoms with Crippen LogP contribution in [0.5, 0.6) is 0 Å². The predicted molar refractivity (Wildman–Crippen MR) is 108 cm³/mol. The molecule has 0 aromatic heterocycles. The summed E-state index contributed by atoms with van der Waals surface area (Å²) in [6.07, 6.45) is 15.7. The summed E-state index contributed by atoms with van der Waals surface area (Å²) in [5, 5.41) is 29.5. The van der Waals surface area contributed by atoms with E-state index in [2.05, 4.69) is 13.0 Å². The molecule has 4 nitrogen and oxygen atoms in total. The summed E-state index contributed by atoms with van der Waals surface area (Å²) in [5.41, 5.74) is 2.88. The zero-order chi connectivity index (χ0) is 19.6. The van der Waals surface area contributed by atoms with E-state index in [1.54, 1.807) is 0 Å². The highest BCUT2D eigenvalue weighted by molar-refractivity contribution is 5.66. The minimum Gasteiger partial charge on any atom is -0.481 e. The second kappa shape index (κ2) is 11.7. The number of aliphatic carboxylic acids is 1. The van der Waals surface area contributed by atoms with Crippen LogP contribution in [0.1, 0.15) is 90.4 Å². The minimum absolute atomic E-state index is 0.0560. The third kappa shape index (κ3) is 7.79. The molecule has 27 heavy (non-hydrogen) atoms. The second-order valence-corrected chi connectivity index (χ2v) is 8.38. The molecule has 0 aromatic carbocycles. The first kappa shape index (κ1) is 22.2. The van der Waals surface area contributed by atoms with E-state index in [0.717, 1.165) is 64.2 Å². The van der Waals surface area contributed by atoms with Crippen LogP contribution in [-0.4, -0.2) is 33.5 Å². The molecule has 3 atom stereocenters. The number of aliphatic hydroxyl groups is 2. The number of unbranched alkanes of at least 4 members (excludes halogenated alkanes) is 5. The van der Waals surface area contributed by atoms with Gasteiger partial charge >= 0.3 is 5.97 Å². The first-order chi connectivity index (χ1) is 13.0. The predicted octanol–water partition coefficient (Wildman–Crippen LogP) is 5.00. The molecule has 2 rings (SSSR count). The van der Waals surface area contributed by atoms with Crippen LogP contribution in [-0.2, 0) is 4.79 Å². The number of rotatable bonds is 14. The summed E-state index contributed by atoms with van der Waals surface area (Å²) in [6, 6.07) is 0. The fraction of sp³-hybridized carbons (Fsp3) is 0.783. The van der Waals surface area contributed by atoms with Crippen LogP contribution in [0.25, 0.3) is 0 Å². The zero-order valence-electron chi connectivity index (χ0n) is 16.9. The third-order valence-electron chi connectivity index (χ3n) is 5.96. The van der Waals surface area contributed by atoms with Crippen LogP contribution < -0.4 is 0 Å². The highest BCUT2D eigenvalue weighted by atomic mass is 16.4. The fourth-order valence-corrected chi connectivity index (χ4v) is 4.25. The van der Waals surface area contributed by atoms with Crippen molar-refractivity contribution < 1.29 is 20.1 Å². The lowest BCUT2D eigenvalue weighted by molar-refractivity contribution is -0.137. The fourth-order valence-electron chi connectivity index (χ4n) is 4.25. The Balaban J connectivity index is 1.86. The Labute approximate surface area is 164 Å². The van der Waals surface area contributed by atoms with Crippen LogP contribution in [0, 0.1) is 11.8 Å². The molecule has 0 radical (unpaired) electrons. The van der Waals surface area contributed by atoms with Gasteiger partial charge in [0.1, 0.15) is 0 Å². The van der Waals surface area contributed by atoms with Crippen molar-refractivity contribution in [1.82, 2.24) is 0 Å². The van der Waals surface area contributed by atoms with Gasteiger partial charge in [-0.25, -0.2) is 0 Å². The molecule has 2 aliphatic rings. The number of aliphatic hydroxyl groups excluding tert-OH is 2. The first-order valence-electron chi connectivity index (χ1n) is 11.0. The van der Waals surface area contributed by atoms with Gasteiger partial charge in [-0.1, -0.05) is 62.3 Å². The van der Waals surface area contributed by atoms with Crippen molar-refractivity contribution in [2.75, 3.05) is 0 Å². The molecular weight excluding hydrogens is 340 g/mol. The Bertz CT molecular complexity index is 518. The lowest BCUT2D eigenvalue weighted by atomic mass is 9.92. The Hall–Kier alpha value is -1.13. The smallest absolute Gasteiger partial charge is 0.303 e. The van der Waals surface area contributed by atoms with Gasteiger partial charge in [0, 0.05) is 12.3 Å². The van der Waals surface area contributed by atoms with E-state index in [0.29, 0.717) is 5.92 Å². The summed E-state index contributed by atoms with van der Waals surface area (Å²) in [4.78, 5) is 10.6. The van der Waals surface area contributed by atoms with Gasteiger partial charge in [-0.15, -0.1) is 0 Å². The second-order valence-electron chi connectivity index (χ2n) is 8.38. The van der Waals surface area contributed by atoms with Gasteiger partial charge in [0.05, 0.1) is 12.2 Å². The van der Waals surface area contributed by atoms with Gasteiger partial charge in [0.25, 0.3) is 0 Å². The van der Waals surface area contributed by atoms with E-state index < -0.39 is 12.1 Å². The molecule has 0 amide bonds. The van der Waals surface area contributed by atoms with Crippen molar-refractivity contribution in [3.8, 4) is 0 Å². The highest BCUT2D eigenvalue weighted by Gasteiger charge is 2.38.